The number of thiazole rings is 1. The predicted molar refractivity (Wildman–Crippen MR) is 94.3 cm³/mol. The van der Waals surface area contributed by atoms with Crippen LogP contribution >= 0.6 is 46.3 Å². The maximum absolute atomic E-state index is 12.9. The number of rotatable bonds is 2. The second-order valence-electron chi connectivity index (χ2n) is 5.03. The fourth-order valence-corrected chi connectivity index (χ4v) is 5.24. The van der Waals surface area contributed by atoms with Crippen LogP contribution in [0.15, 0.2) is 18.2 Å². The van der Waals surface area contributed by atoms with E-state index in [4.69, 9.17) is 23.2 Å². The number of carbonyl (C=O) groups is 1. The third kappa shape index (κ3) is 3.00. The van der Waals surface area contributed by atoms with Crippen LogP contribution in [0.3, 0.4) is 0 Å². The molecule has 2 heterocycles. The Morgan fingerprint density at radius 3 is 2.77 bits per heavy atom. The Kier molecular flexibility index (Phi) is 4.69. The van der Waals surface area contributed by atoms with E-state index in [-0.39, 0.29) is 11.3 Å². The molecule has 0 bridgehead atoms. The number of amides is 1. The van der Waals surface area contributed by atoms with E-state index < -0.39 is 0 Å². The Bertz CT molecular complexity index is 732. The molecule has 0 radical (unpaired) electrons. The van der Waals surface area contributed by atoms with Crippen molar-refractivity contribution >= 4 is 52.2 Å². The molecule has 7 heteroatoms. The predicted octanol–water partition coefficient (Wildman–Crippen LogP) is 4.95. The number of thioether (sulfide) groups is 1. The molecule has 3 rings (SSSR count). The number of benzene rings is 1. The van der Waals surface area contributed by atoms with E-state index in [1.807, 2.05) is 30.9 Å². The maximum atomic E-state index is 12.9. The summed E-state index contributed by atoms with van der Waals surface area (Å²) in [6, 6.07) is 5.44. The van der Waals surface area contributed by atoms with Gasteiger partial charge in [0.25, 0.3) is 5.91 Å². The minimum Gasteiger partial charge on any atom is -0.321 e. The molecule has 1 aliphatic rings. The lowest BCUT2D eigenvalue weighted by Crippen LogP contribution is -2.30. The summed E-state index contributed by atoms with van der Waals surface area (Å²) in [5.74, 6) is 0.927. The largest absolute Gasteiger partial charge is 0.321 e. The quantitative estimate of drug-likeness (QED) is 0.746. The van der Waals surface area contributed by atoms with Crippen LogP contribution in [0.2, 0.25) is 10.0 Å². The van der Waals surface area contributed by atoms with Gasteiger partial charge in [0.15, 0.2) is 0 Å². The summed E-state index contributed by atoms with van der Waals surface area (Å²) >= 11 is 15.4. The lowest BCUT2D eigenvalue weighted by Gasteiger charge is -2.24. The van der Waals surface area contributed by atoms with E-state index in [1.54, 1.807) is 17.8 Å². The van der Waals surface area contributed by atoms with Gasteiger partial charge >= 0.3 is 0 Å². The molecule has 22 heavy (non-hydrogen) atoms. The molecule has 1 aromatic carbocycles. The molecule has 0 aliphatic carbocycles. The van der Waals surface area contributed by atoms with Gasteiger partial charge in [-0.05, 0) is 26.0 Å². The number of nitrogens with zero attached hydrogens (tertiary/aromatic N) is 2. The second kappa shape index (κ2) is 6.40. The van der Waals surface area contributed by atoms with Crippen molar-refractivity contribution in [1.82, 2.24) is 9.88 Å². The molecule has 1 fully saturated rings. The fourth-order valence-electron chi connectivity index (χ4n) is 2.50. The van der Waals surface area contributed by atoms with E-state index in [0.29, 0.717) is 16.6 Å². The van der Waals surface area contributed by atoms with Crippen LogP contribution in [0.1, 0.15) is 31.3 Å². The molecule has 1 aromatic heterocycles. The van der Waals surface area contributed by atoms with Crippen molar-refractivity contribution in [3.63, 3.8) is 0 Å². The number of aromatic nitrogens is 1. The van der Waals surface area contributed by atoms with E-state index in [9.17, 15) is 4.79 Å². The number of hydrogen-bond acceptors (Lipinski definition) is 4. The molecule has 0 N–H and O–H groups in total. The normalized spacial score (nSPS) is 18.0. The van der Waals surface area contributed by atoms with Gasteiger partial charge in [-0.1, -0.05) is 29.3 Å². The molecule has 3 nitrogen and oxygen atoms in total. The van der Waals surface area contributed by atoms with Gasteiger partial charge in [0.2, 0.25) is 0 Å². The van der Waals surface area contributed by atoms with Crippen molar-refractivity contribution in [1.29, 1.82) is 0 Å². The first-order valence-corrected chi connectivity index (χ1v) is 9.41. The van der Waals surface area contributed by atoms with Gasteiger partial charge in [-0.15, -0.1) is 23.1 Å². The fraction of sp³-hybridized carbons (Fsp3) is 0.333. The van der Waals surface area contributed by atoms with E-state index >= 15 is 0 Å². The molecule has 116 valence electrons. The van der Waals surface area contributed by atoms with E-state index in [1.165, 1.54) is 11.3 Å². The lowest BCUT2D eigenvalue weighted by molar-refractivity contribution is 0.0764. The molecular weight excluding hydrogens is 359 g/mol. The Morgan fingerprint density at radius 2 is 2.14 bits per heavy atom. The van der Waals surface area contributed by atoms with Crippen LogP contribution in [0.5, 0.6) is 0 Å². The summed E-state index contributed by atoms with van der Waals surface area (Å²) in [7, 11) is 0. The zero-order chi connectivity index (χ0) is 15.9. The zero-order valence-electron chi connectivity index (χ0n) is 12.1. The molecule has 2 aromatic rings. The van der Waals surface area contributed by atoms with E-state index in [2.05, 4.69) is 4.98 Å². The number of carbonyl (C=O) groups excluding carboxylic acids is 1. The molecule has 1 amide bonds. The minimum atomic E-state index is -0.0703. The Morgan fingerprint density at radius 1 is 1.36 bits per heavy atom. The van der Waals surface area contributed by atoms with Crippen molar-refractivity contribution in [3.8, 4) is 0 Å². The second-order valence-corrected chi connectivity index (χ2v) is 8.27. The molecule has 1 aliphatic heterocycles. The van der Waals surface area contributed by atoms with Crippen LogP contribution in [-0.2, 0) is 0 Å². The van der Waals surface area contributed by atoms with Gasteiger partial charge in [0, 0.05) is 27.9 Å². The highest BCUT2D eigenvalue weighted by Gasteiger charge is 2.34. The summed E-state index contributed by atoms with van der Waals surface area (Å²) in [5.41, 5.74) is 1.73. The Balaban J connectivity index is 1.93. The number of aryl methyl sites for hydroxylation is 2. The smallest absolute Gasteiger partial charge is 0.267 e. The molecule has 0 spiro atoms. The number of hydrogen-bond donors (Lipinski definition) is 0. The summed E-state index contributed by atoms with van der Waals surface area (Å²) in [5, 5.41) is 2.04. The van der Waals surface area contributed by atoms with Crippen LogP contribution in [-0.4, -0.2) is 28.1 Å². The molecule has 1 unspecified atom stereocenters. The van der Waals surface area contributed by atoms with Gasteiger partial charge in [-0.25, -0.2) is 4.98 Å². The average molecular weight is 373 g/mol. The van der Waals surface area contributed by atoms with Gasteiger partial charge in [-0.3, -0.25) is 4.79 Å². The first kappa shape index (κ1) is 16.1. The van der Waals surface area contributed by atoms with Crippen LogP contribution in [0, 0.1) is 13.8 Å². The summed E-state index contributed by atoms with van der Waals surface area (Å²) in [6.07, 6.45) is 0. The third-order valence-electron chi connectivity index (χ3n) is 3.48. The highest BCUT2D eigenvalue weighted by Crippen LogP contribution is 2.42. The first-order valence-electron chi connectivity index (χ1n) is 6.79. The minimum absolute atomic E-state index is 0.0316. The number of halogens is 2. The van der Waals surface area contributed by atoms with Crippen molar-refractivity contribution < 1.29 is 4.79 Å². The SMILES string of the molecule is Cc1nc(C)c(C(=O)N2CCSC2c2ccc(Cl)cc2Cl)s1. The average Bonchev–Trinajstić information content (AvgIpc) is 3.04. The summed E-state index contributed by atoms with van der Waals surface area (Å²) < 4.78 is 0. The molecule has 1 saturated heterocycles. The van der Waals surface area contributed by atoms with E-state index in [0.717, 1.165) is 26.9 Å². The Labute approximate surface area is 147 Å². The monoisotopic (exact) mass is 372 g/mol. The van der Waals surface area contributed by atoms with Gasteiger partial charge in [-0.2, -0.15) is 0 Å². The lowest BCUT2D eigenvalue weighted by atomic mass is 10.2. The topological polar surface area (TPSA) is 33.2 Å². The van der Waals surface area contributed by atoms with Gasteiger partial charge in [0.1, 0.15) is 10.3 Å². The highest BCUT2D eigenvalue weighted by molar-refractivity contribution is 7.99. The van der Waals surface area contributed by atoms with Crippen LogP contribution in [0.4, 0.5) is 0 Å². The summed E-state index contributed by atoms with van der Waals surface area (Å²) in [6.45, 7) is 4.51. The molecule has 1 atom stereocenters. The van der Waals surface area contributed by atoms with Crippen LogP contribution in [0.25, 0.3) is 0 Å². The van der Waals surface area contributed by atoms with Crippen molar-refractivity contribution in [2.75, 3.05) is 12.3 Å². The summed E-state index contributed by atoms with van der Waals surface area (Å²) in [4.78, 5) is 19.8. The van der Waals surface area contributed by atoms with Crippen molar-refractivity contribution in [3.05, 3.63) is 49.4 Å². The zero-order valence-corrected chi connectivity index (χ0v) is 15.2. The Hall–Kier alpha value is -0.750. The van der Waals surface area contributed by atoms with Crippen LogP contribution < -0.4 is 0 Å². The van der Waals surface area contributed by atoms with Gasteiger partial charge in [0.05, 0.1) is 10.7 Å². The molecule has 0 saturated carbocycles. The highest BCUT2D eigenvalue weighted by atomic mass is 35.5. The third-order valence-corrected chi connectivity index (χ3v) is 6.34. The maximum Gasteiger partial charge on any atom is 0.267 e. The van der Waals surface area contributed by atoms with Crippen molar-refractivity contribution in [2.45, 2.75) is 19.2 Å². The standard InChI is InChI=1S/C15H14Cl2N2OS2/c1-8-13(22-9(2)18-8)14(20)19-5-6-21-15(19)11-4-3-10(16)7-12(11)17/h3-4,7,15H,5-6H2,1-2H3. The first-order chi connectivity index (χ1) is 10.5. The molecular formula is C15H14Cl2N2OS2. The van der Waals surface area contributed by atoms with Gasteiger partial charge < -0.3 is 4.90 Å². The van der Waals surface area contributed by atoms with Crippen molar-refractivity contribution in [2.24, 2.45) is 0 Å².